The lowest BCUT2D eigenvalue weighted by molar-refractivity contribution is 0.0951. The van der Waals surface area contributed by atoms with Crippen LogP contribution in [0.2, 0.25) is 0 Å². The number of halogens is 1. The number of fused-ring (bicyclic) bond motifs is 1. The molecule has 0 bridgehead atoms. The predicted molar refractivity (Wildman–Crippen MR) is 90.3 cm³/mol. The predicted octanol–water partition coefficient (Wildman–Crippen LogP) is 3.52. The maximum atomic E-state index is 12.9. The van der Waals surface area contributed by atoms with Crippen LogP contribution in [0.5, 0.6) is 0 Å². The molecule has 4 nitrogen and oxygen atoms in total. The summed E-state index contributed by atoms with van der Waals surface area (Å²) in [6.07, 6.45) is 2.44. The third-order valence-corrected chi connectivity index (χ3v) is 4.48. The number of benzene rings is 2. The number of aromatic nitrogens is 2. The molecule has 1 aliphatic rings. The third kappa shape index (κ3) is 2.77. The third-order valence-electron chi connectivity index (χ3n) is 4.48. The van der Waals surface area contributed by atoms with Crippen LogP contribution < -0.4 is 5.32 Å². The van der Waals surface area contributed by atoms with E-state index in [0.717, 1.165) is 22.4 Å². The zero-order chi connectivity index (χ0) is 16.7. The summed E-state index contributed by atoms with van der Waals surface area (Å²) in [5.41, 5.74) is 3.53. The van der Waals surface area contributed by atoms with E-state index >= 15 is 0 Å². The zero-order valence-corrected chi connectivity index (χ0v) is 13.4. The zero-order valence-electron chi connectivity index (χ0n) is 13.4. The Morgan fingerprint density at radius 1 is 1.25 bits per heavy atom. The summed E-state index contributed by atoms with van der Waals surface area (Å²) >= 11 is 0. The van der Waals surface area contributed by atoms with Crippen molar-refractivity contribution in [3.05, 3.63) is 65.2 Å². The fourth-order valence-electron chi connectivity index (χ4n) is 2.97. The molecule has 24 heavy (non-hydrogen) atoms. The van der Waals surface area contributed by atoms with E-state index in [0.29, 0.717) is 18.0 Å². The van der Waals surface area contributed by atoms with Gasteiger partial charge in [-0.05, 0) is 54.8 Å². The van der Waals surface area contributed by atoms with Crippen LogP contribution in [-0.4, -0.2) is 15.5 Å². The van der Waals surface area contributed by atoms with E-state index in [1.807, 2.05) is 18.2 Å². The number of imidazole rings is 1. The number of carbonyl (C=O) groups is 1. The maximum Gasteiger partial charge on any atom is 0.251 e. The second-order valence-corrected chi connectivity index (χ2v) is 6.32. The standard InChI is InChI=1S/C19H18FN3O/c1-23-17-9-2-12(10-16(17)22-18(23)13-3-4-13)11-21-19(24)14-5-7-15(20)8-6-14/h2,5-10,13H,3-4,11H2,1H3,(H,21,24). The molecule has 1 aromatic heterocycles. The molecule has 0 saturated heterocycles. The molecule has 0 spiro atoms. The fourth-order valence-corrected chi connectivity index (χ4v) is 2.97. The highest BCUT2D eigenvalue weighted by atomic mass is 19.1. The largest absolute Gasteiger partial charge is 0.348 e. The van der Waals surface area contributed by atoms with Gasteiger partial charge in [0.25, 0.3) is 5.91 Å². The van der Waals surface area contributed by atoms with Gasteiger partial charge in [0.05, 0.1) is 11.0 Å². The summed E-state index contributed by atoms with van der Waals surface area (Å²) in [6.45, 7) is 0.418. The van der Waals surface area contributed by atoms with Crippen LogP contribution in [0.4, 0.5) is 4.39 Å². The van der Waals surface area contributed by atoms with Gasteiger partial charge in [0.2, 0.25) is 0 Å². The smallest absolute Gasteiger partial charge is 0.251 e. The van der Waals surface area contributed by atoms with Crippen LogP contribution in [0.25, 0.3) is 11.0 Å². The Hall–Kier alpha value is -2.69. The van der Waals surface area contributed by atoms with Gasteiger partial charge in [-0.3, -0.25) is 4.79 Å². The van der Waals surface area contributed by atoms with Crippen molar-refractivity contribution in [3.8, 4) is 0 Å². The van der Waals surface area contributed by atoms with Crippen LogP contribution in [-0.2, 0) is 13.6 Å². The van der Waals surface area contributed by atoms with Crippen molar-refractivity contribution in [2.45, 2.75) is 25.3 Å². The fraction of sp³-hybridized carbons (Fsp3) is 0.263. The second kappa shape index (κ2) is 5.74. The second-order valence-electron chi connectivity index (χ2n) is 6.32. The van der Waals surface area contributed by atoms with Gasteiger partial charge in [-0.2, -0.15) is 0 Å². The molecule has 0 radical (unpaired) electrons. The van der Waals surface area contributed by atoms with Gasteiger partial charge in [-0.25, -0.2) is 9.37 Å². The van der Waals surface area contributed by atoms with E-state index in [1.165, 1.54) is 37.1 Å². The summed E-state index contributed by atoms with van der Waals surface area (Å²) in [5.74, 6) is 1.19. The molecule has 122 valence electrons. The number of aryl methyl sites for hydroxylation is 1. The highest BCUT2D eigenvalue weighted by Gasteiger charge is 2.28. The van der Waals surface area contributed by atoms with Crippen LogP contribution in [0.15, 0.2) is 42.5 Å². The lowest BCUT2D eigenvalue weighted by Crippen LogP contribution is -2.22. The molecule has 0 atom stereocenters. The number of amides is 1. The Balaban J connectivity index is 1.50. The molecule has 1 N–H and O–H groups in total. The summed E-state index contributed by atoms with van der Waals surface area (Å²) < 4.78 is 15.1. The van der Waals surface area contributed by atoms with Crippen LogP contribution in [0, 0.1) is 5.82 Å². The van der Waals surface area contributed by atoms with Gasteiger partial charge in [-0.15, -0.1) is 0 Å². The van der Waals surface area contributed by atoms with Crippen molar-refractivity contribution in [1.82, 2.24) is 14.9 Å². The topological polar surface area (TPSA) is 46.9 Å². The molecule has 4 rings (SSSR count). The first-order chi connectivity index (χ1) is 11.6. The monoisotopic (exact) mass is 323 g/mol. The molecule has 1 heterocycles. The normalized spacial score (nSPS) is 14.1. The van der Waals surface area contributed by atoms with Gasteiger partial charge < -0.3 is 9.88 Å². The molecule has 1 amide bonds. The number of rotatable bonds is 4. The molecular weight excluding hydrogens is 305 g/mol. The van der Waals surface area contributed by atoms with Crippen LogP contribution >= 0.6 is 0 Å². The summed E-state index contributed by atoms with van der Waals surface area (Å²) in [4.78, 5) is 16.8. The van der Waals surface area contributed by atoms with Gasteiger partial charge in [0, 0.05) is 25.1 Å². The molecule has 0 unspecified atom stereocenters. The van der Waals surface area contributed by atoms with Gasteiger partial charge in [0.15, 0.2) is 0 Å². The lowest BCUT2D eigenvalue weighted by Gasteiger charge is -2.06. The van der Waals surface area contributed by atoms with E-state index in [-0.39, 0.29) is 11.7 Å². The first-order valence-corrected chi connectivity index (χ1v) is 8.11. The molecule has 1 saturated carbocycles. The Bertz CT molecular complexity index is 910. The number of nitrogens with zero attached hydrogens (tertiary/aromatic N) is 2. The van der Waals surface area contributed by atoms with Gasteiger partial charge in [0.1, 0.15) is 11.6 Å². The summed E-state index contributed by atoms with van der Waals surface area (Å²) in [6, 6.07) is 11.6. The summed E-state index contributed by atoms with van der Waals surface area (Å²) in [5, 5.41) is 2.86. The lowest BCUT2D eigenvalue weighted by atomic mass is 10.1. The highest BCUT2D eigenvalue weighted by Crippen LogP contribution is 2.40. The van der Waals surface area contributed by atoms with Gasteiger partial charge in [-0.1, -0.05) is 6.07 Å². The maximum absolute atomic E-state index is 12.9. The molecular formula is C19H18FN3O. The van der Waals surface area contributed by atoms with Crippen LogP contribution in [0.3, 0.4) is 0 Å². The van der Waals surface area contributed by atoms with Crippen LogP contribution in [0.1, 0.15) is 40.5 Å². The number of carbonyl (C=O) groups excluding carboxylic acids is 1. The number of nitrogens with one attached hydrogen (secondary N) is 1. The Morgan fingerprint density at radius 2 is 2.00 bits per heavy atom. The quantitative estimate of drug-likeness (QED) is 0.798. The molecule has 0 aliphatic heterocycles. The average Bonchev–Trinajstić information content (AvgIpc) is 3.38. The minimum atomic E-state index is -0.348. The van der Waals surface area contributed by atoms with E-state index in [2.05, 4.69) is 16.9 Å². The molecule has 5 heteroatoms. The van der Waals surface area contributed by atoms with Crippen molar-refractivity contribution in [2.75, 3.05) is 0 Å². The molecule has 1 aliphatic carbocycles. The van der Waals surface area contributed by atoms with Crippen molar-refractivity contribution in [3.63, 3.8) is 0 Å². The minimum absolute atomic E-state index is 0.213. The van der Waals surface area contributed by atoms with E-state index in [4.69, 9.17) is 4.98 Å². The molecule has 2 aromatic carbocycles. The van der Waals surface area contributed by atoms with Crippen molar-refractivity contribution < 1.29 is 9.18 Å². The Labute approximate surface area is 139 Å². The number of hydrogen-bond acceptors (Lipinski definition) is 2. The van der Waals surface area contributed by atoms with Gasteiger partial charge >= 0.3 is 0 Å². The van der Waals surface area contributed by atoms with E-state index in [1.54, 1.807) is 0 Å². The Morgan fingerprint density at radius 3 is 2.71 bits per heavy atom. The van der Waals surface area contributed by atoms with E-state index < -0.39 is 0 Å². The summed E-state index contributed by atoms with van der Waals surface area (Å²) in [7, 11) is 2.05. The highest BCUT2D eigenvalue weighted by molar-refractivity contribution is 5.94. The SMILES string of the molecule is Cn1c(C2CC2)nc2cc(CNC(=O)c3ccc(F)cc3)ccc21. The Kier molecular flexibility index (Phi) is 3.56. The first-order valence-electron chi connectivity index (χ1n) is 8.11. The first kappa shape index (κ1) is 14.9. The number of hydrogen-bond donors (Lipinski definition) is 1. The average molecular weight is 323 g/mol. The minimum Gasteiger partial charge on any atom is -0.348 e. The van der Waals surface area contributed by atoms with E-state index in [9.17, 15) is 9.18 Å². The molecule has 1 fully saturated rings. The molecule has 3 aromatic rings. The van der Waals surface area contributed by atoms with Crippen molar-refractivity contribution >= 4 is 16.9 Å². The van der Waals surface area contributed by atoms with Crippen molar-refractivity contribution in [1.29, 1.82) is 0 Å². The van der Waals surface area contributed by atoms with Crippen molar-refractivity contribution in [2.24, 2.45) is 7.05 Å².